The van der Waals surface area contributed by atoms with Crippen LogP contribution in [0.1, 0.15) is 36.8 Å². The number of anilines is 4. The summed E-state index contributed by atoms with van der Waals surface area (Å²) in [6, 6.07) is 15.5. The van der Waals surface area contributed by atoms with E-state index in [2.05, 4.69) is 52.7 Å². The zero-order valence-corrected chi connectivity index (χ0v) is 29.6. The number of aromatic nitrogens is 6. The van der Waals surface area contributed by atoms with Gasteiger partial charge >= 0.3 is 0 Å². The molecule has 6 aromatic heterocycles. The van der Waals surface area contributed by atoms with Gasteiger partial charge in [0.1, 0.15) is 23.3 Å². The molecule has 2 aliphatic rings. The summed E-state index contributed by atoms with van der Waals surface area (Å²) in [6.07, 6.45) is 12.6. The summed E-state index contributed by atoms with van der Waals surface area (Å²) in [7, 11) is 0. The standard InChI is InChI=1S/2C20H18N6O/c2*1-11-3-5-23-9-15(11)17-7-13-8-18(24-10-16(13)19(22)25-17)26-20(27)14-6-12(14)2-4-21/h2*3,5,7-10,12,14H,2,6H2,1H3,(H2,22,25)(H,24,26,27)/t12?,14-;12-,14-/m10/s1. The second-order valence-electron chi connectivity index (χ2n) is 13.7. The number of rotatable bonds is 8. The van der Waals surface area contributed by atoms with Crippen LogP contribution in [-0.4, -0.2) is 41.7 Å². The van der Waals surface area contributed by atoms with Crippen molar-refractivity contribution >= 4 is 56.6 Å². The Morgan fingerprint density at radius 2 is 1.13 bits per heavy atom. The fourth-order valence-corrected chi connectivity index (χ4v) is 6.49. The lowest BCUT2D eigenvalue weighted by atomic mass is 10.1. The molecule has 0 aliphatic heterocycles. The summed E-state index contributed by atoms with van der Waals surface area (Å²) in [5.41, 5.74) is 17.6. The first-order chi connectivity index (χ1) is 26.1. The van der Waals surface area contributed by atoms with E-state index in [1.54, 1.807) is 49.3 Å². The molecule has 6 heterocycles. The van der Waals surface area contributed by atoms with Gasteiger partial charge in [-0.3, -0.25) is 19.6 Å². The number of carbonyl (C=O) groups is 2. The number of fused-ring (bicyclic) bond motifs is 2. The molecule has 0 bridgehead atoms. The fraction of sp³-hybridized carbons (Fsp3) is 0.250. The van der Waals surface area contributed by atoms with Crippen molar-refractivity contribution in [2.75, 3.05) is 22.1 Å². The molecule has 0 saturated heterocycles. The maximum atomic E-state index is 12.3. The first kappa shape index (κ1) is 35.3. The molecule has 2 fully saturated rings. The van der Waals surface area contributed by atoms with Gasteiger partial charge in [-0.25, -0.2) is 19.9 Å². The zero-order chi connectivity index (χ0) is 37.9. The van der Waals surface area contributed by atoms with Crippen molar-refractivity contribution in [1.29, 1.82) is 10.5 Å². The molecule has 0 radical (unpaired) electrons. The van der Waals surface area contributed by atoms with Crippen molar-refractivity contribution < 1.29 is 9.59 Å². The van der Waals surface area contributed by atoms with Crippen LogP contribution < -0.4 is 22.1 Å². The number of nitrogens with one attached hydrogen (secondary N) is 2. The molecule has 54 heavy (non-hydrogen) atoms. The third kappa shape index (κ3) is 7.59. The molecule has 1 unspecified atom stereocenters. The zero-order valence-electron chi connectivity index (χ0n) is 29.6. The Hall–Kier alpha value is -7.06. The minimum atomic E-state index is -0.0988. The number of nitriles is 2. The van der Waals surface area contributed by atoms with Crippen LogP contribution in [0.25, 0.3) is 44.1 Å². The SMILES string of the molecule is Cc1ccncc1-c1cc2cc(NC(=O)[C@@H]3CC3CC#N)ncc2c(N)n1.Cc1ccncc1-c1cc2cc(NC(=O)[C@H]3C[C@@H]3CC#N)ncc2c(N)n1. The Kier molecular flexibility index (Phi) is 9.75. The molecule has 14 nitrogen and oxygen atoms in total. The van der Waals surface area contributed by atoms with E-state index in [0.29, 0.717) is 36.1 Å². The number of nitrogens with two attached hydrogens (primary N) is 2. The van der Waals surface area contributed by atoms with Crippen LogP contribution in [-0.2, 0) is 9.59 Å². The van der Waals surface area contributed by atoms with Gasteiger partial charge in [0.05, 0.1) is 23.5 Å². The highest BCUT2D eigenvalue weighted by molar-refractivity contribution is 6.00. The topological polar surface area (TPSA) is 235 Å². The first-order valence-corrected chi connectivity index (χ1v) is 17.4. The van der Waals surface area contributed by atoms with Crippen molar-refractivity contribution in [3.8, 4) is 34.7 Å². The summed E-state index contributed by atoms with van der Waals surface area (Å²) >= 11 is 0. The highest BCUT2D eigenvalue weighted by atomic mass is 16.2. The number of aryl methyl sites for hydroxylation is 2. The van der Waals surface area contributed by atoms with E-state index in [9.17, 15) is 9.59 Å². The molecule has 0 aromatic carbocycles. The molecule has 2 saturated carbocycles. The van der Waals surface area contributed by atoms with Crippen LogP contribution in [0.4, 0.5) is 23.3 Å². The van der Waals surface area contributed by atoms with Crippen LogP contribution in [0, 0.1) is 60.2 Å². The maximum absolute atomic E-state index is 12.3. The van der Waals surface area contributed by atoms with Gasteiger partial charge in [-0.15, -0.1) is 0 Å². The smallest absolute Gasteiger partial charge is 0.228 e. The van der Waals surface area contributed by atoms with Crippen LogP contribution in [0.15, 0.2) is 73.6 Å². The molecule has 0 spiro atoms. The predicted molar refractivity (Wildman–Crippen MR) is 205 cm³/mol. The molecule has 14 heteroatoms. The molecule has 8 rings (SSSR count). The second kappa shape index (κ2) is 14.9. The van der Waals surface area contributed by atoms with Crippen LogP contribution in [0.3, 0.4) is 0 Å². The van der Waals surface area contributed by atoms with Crippen molar-refractivity contribution in [1.82, 2.24) is 29.9 Å². The van der Waals surface area contributed by atoms with Gasteiger partial charge in [-0.1, -0.05) is 0 Å². The summed E-state index contributed by atoms with van der Waals surface area (Å²) in [5.74, 6) is 1.64. The largest absolute Gasteiger partial charge is 0.383 e. The summed E-state index contributed by atoms with van der Waals surface area (Å²) in [6.45, 7) is 3.98. The summed E-state index contributed by atoms with van der Waals surface area (Å²) < 4.78 is 0. The first-order valence-electron chi connectivity index (χ1n) is 17.4. The number of carbonyl (C=O) groups excluding carboxylic acids is 2. The molecule has 268 valence electrons. The van der Waals surface area contributed by atoms with Gasteiger partial charge in [0, 0.05) is 83.8 Å². The van der Waals surface area contributed by atoms with E-state index in [-0.39, 0.29) is 35.5 Å². The quantitative estimate of drug-likeness (QED) is 0.139. The molecule has 4 atom stereocenters. The lowest BCUT2D eigenvalue weighted by Gasteiger charge is -2.10. The van der Waals surface area contributed by atoms with E-state index in [1.807, 2.05) is 38.1 Å². The fourth-order valence-electron chi connectivity index (χ4n) is 6.49. The number of nitrogens with zero attached hydrogens (tertiary/aromatic N) is 8. The van der Waals surface area contributed by atoms with Crippen molar-refractivity contribution in [2.24, 2.45) is 23.7 Å². The normalized spacial score (nSPS) is 18.1. The van der Waals surface area contributed by atoms with Crippen LogP contribution in [0.2, 0.25) is 0 Å². The lowest BCUT2D eigenvalue weighted by molar-refractivity contribution is -0.118. The average Bonchev–Trinajstić information content (AvgIpc) is 4.09. The molecular formula is C40H36N12O2. The molecular weight excluding hydrogens is 681 g/mol. The summed E-state index contributed by atoms with van der Waals surface area (Å²) in [5, 5.41) is 26.3. The predicted octanol–water partition coefficient (Wildman–Crippen LogP) is 6.14. The van der Waals surface area contributed by atoms with Gasteiger partial charge in [-0.05, 0) is 96.8 Å². The number of amides is 2. The Morgan fingerprint density at radius 1 is 0.704 bits per heavy atom. The van der Waals surface area contributed by atoms with Crippen LogP contribution >= 0.6 is 0 Å². The number of hydrogen-bond donors (Lipinski definition) is 4. The average molecular weight is 717 g/mol. The van der Waals surface area contributed by atoms with Gasteiger partial charge in [-0.2, -0.15) is 10.5 Å². The van der Waals surface area contributed by atoms with Gasteiger partial charge < -0.3 is 22.1 Å². The lowest BCUT2D eigenvalue weighted by Crippen LogP contribution is -2.15. The monoisotopic (exact) mass is 716 g/mol. The molecule has 2 aliphatic carbocycles. The van der Waals surface area contributed by atoms with Crippen molar-refractivity contribution in [3.05, 3.63) is 84.7 Å². The van der Waals surface area contributed by atoms with Crippen molar-refractivity contribution in [2.45, 2.75) is 39.5 Å². The summed E-state index contributed by atoms with van der Waals surface area (Å²) in [4.78, 5) is 50.4. The Bertz CT molecular complexity index is 2350. The minimum absolute atomic E-state index is 0.0903. The molecule has 6 N–H and O–H groups in total. The Morgan fingerprint density at radius 3 is 1.52 bits per heavy atom. The van der Waals surface area contributed by atoms with E-state index in [0.717, 1.165) is 68.0 Å². The Labute approximate surface area is 310 Å². The highest BCUT2D eigenvalue weighted by Gasteiger charge is 2.43. The van der Waals surface area contributed by atoms with E-state index in [1.165, 1.54) is 0 Å². The van der Waals surface area contributed by atoms with Gasteiger partial charge in [0.15, 0.2) is 0 Å². The van der Waals surface area contributed by atoms with E-state index in [4.69, 9.17) is 22.0 Å². The van der Waals surface area contributed by atoms with E-state index < -0.39 is 0 Å². The van der Waals surface area contributed by atoms with Crippen molar-refractivity contribution in [3.63, 3.8) is 0 Å². The number of pyridine rings is 6. The number of hydrogen-bond acceptors (Lipinski definition) is 12. The van der Waals surface area contributed by atoms with Gasteiger partial charge in [0.2, 0.25) is 11.8 Å². The third-order valence-corrected chi connectivity index (χ3v) is 9.85. The second-order valence-corrected chi connectivity index (χ2v) is 13.7. The minimum Gasteiger partial charge on any atom is -0.383 e. The van der Waals surface area contributed by atoms with E-state index >= 15 is 0 Å². The number of nitrogen functional groups attached to an aromatic ring is 2. The third-order valence-electron chi connectivity index (χ3n) is 9.85. The van der Waals surface area contributed by atoms with Gasteiger partial charge in [0.25, 0.3) is 0 Å². The maximum Gasteiger partial charge on any atom is 0.228 e. The molecule has 6 aromatic rings. The highest BCUT2D eigenvalue weighted by Crippen LogP contribution is 2.42. The van der Waals surface area contributed by atoms with Crippen LogP contribution in [0.5, 0.6) is 0 Å². The molecule has 2 amide bonds. The Balaban J connectivity index is 0.000000167.